The number of nitrogens with one attached hydrogen (secondary N) is 1. The third kappa shape index (κ3) is 4.04. The standard InChI is InChI=1S/C7H12N4O2S/c1-14(12,13)3-2-9-7-5-10-6(8)4-11-7/h4-5H,2-3H2,1H3,(H2,8,10)(H,9,11). The fourth-order valence-corrected chi connectivity index (χ4v) is 1.27. The zero-order valence-corrected chi connectivity index (χ0v) is 8.58. The Kier molecular flexibility index (Phi) is 3.23. The molecule has 0 radical (unpaired) electrons. The van der Waals surface area contributed by atoms with Crippen LogP contribution in [0.5, 0.6) is 0 Å². The quantitative estimate of drug-likeness (QED) is 0.705. The maximum atomic E-state index is 10.8. The van der Waals surface area contributed by atoms with Gasteiger partial charge in [-0.05, 0) is 0 Å². The molecule has 0 unspecified atom stereocenters. The van der Waals surface area contributed by atoms with Crippen molar-refractivity contribution in [3.63, 3.8) is 0 Å². The molecule has 0 aliphatic heterocycles. The highest BCUT2D eigenvalue weighted by Gasteiger charge is 2.01. The second-order valence-electron chi connectivity index (χ2n) is 2.88. The van der Waals surface area contributed by atoms with E-state index in [1.807, 2.05) is 0 Å². The van der Waals surface area contributed by atoms with Crippen LogP contribution in [0.3, 0.4) is 0 Å². The van der Waals surface area contributed by atoms with E-state index < -0.39 is 9.84 Å². The van der Waals surface area contributed by atoms with Crippen molar-refractivity contribution in [3.05, 3.63) is 12.4 Å². The van der Waals surface area contributed by atoms with E-state index in [0.29, 0.717) is 18.2 Å². The molecular weight excluding hydrogens is 204 g/mol. The van der Waals surface area contributed by atoms with Crippen LogP contribution in [0.25, 0.3) is 0 Å². The van der Waals surface area contributed by atoms with Gasteiger partial charge in [-0.1, -0.05) is 0 Å². The highest BCUT2D eigenvalue weighted by atomic mass is 32.2. The summed E-state index contributed by atoms with van der Waals surface area (Å²) in [5.41, 5.74) is 5.33. The van der Waals surface area contributed by atoms with E-state index in [1.54, 1.807) is 0 Å². The van der Waals surface area contributed by atoms with Crippen LogP contribution in [0, 0.1) is 0 Å². The van der Waals surface area contributed by atoms with Crippen molar-refractivity contribution in [3.8, 4) is 0 Å². The van der Waals surface area contributed by atoms with Crippen molar-refractivity contribution in [2.45, 2.75) is 0 Å². The first-order chi connectivity index (χ1) is 6.47. The van der Waals surface area contributed by atoms with Crippen LogP contribution in [0.15, 0.2) is 12.4 Å². The lowest BCUT2D eigenvalue weighted by Crippen LogP contribution is -2.14. The number of hydrogen-bond acceptors (Lipinski definition) is 6. The molecule has 1 heterocycles. The molecule has 0 aliphatic rings. The van der Waals surface area contributed by atoms with Crippen molar-refractivity contribution in [2.75, 3.05) is 29.6 Å². The van der Waals surface area contributed by atoms with Crippen molar-refractivity contribution in [1.82, 2.24) is 9.97 Å². The summed E-state index contributed by atoms with van der Waals surface area (Å²) in [6.45, 7) is 0.317. The van der Waals surface area contributed by atoms with E-state index in [9.17, 15) is 8.42 Å². The maximum Gasteiger partial charge on any atom is 0.149 e. The molecule has 0 spiro atoms. The first kappa shape index (κ1) is 10.7. The Balaban J connectivity index is 2.43. The maximum absolute atomic E-state index is 10.8. The molecule has 1 aromatic rings. The SMILES string of the molecule is CS(=O)(=O)CCNc1cnc(N)cn1. The molecule has 3 N–H and O–H groups in total. The minimum atomic E-state index is -2.94. The van der Waals surface area contributed by atoms with Gasteiger partial charge in [-0.15, -0.1) is 0 Å². The average Bonchev–Trinajstić information content (AvgIpc) is 2.06. The number of rotatable bonds is 4. The van der Waals surface area contributed by atoms with Crippen LogP contribution < -0.4 is 11.1 Å². The van der Waals surface area contributed by atoms with Gasteiger partial charge >= 0.3 is 0 Å². The van der Waals surface area contributed by atoms with Gasteiger partial charge in [-0.3, -0.25) is 0 Å². The van der Waals surface area contributed by atoms with Gasteiger partial charge in [0.1, 0.15) is 21.5 Å². The van der Waals surface area contributed by atoms with Gasteiger partial charge < -0.3 is 11.1 Å². The first-order valence-electron chi connectivity index (χ1n) is 3.96. The summed E-state index contributed by atoms with van der Waals surface area (Å²) in [6.07, 6.45) is 4.05. The van der Waals surface area contributed by atoms with E-state index in [4.69, 9.17) is 5.73 Å². The molecular formula is C7H12N4O2S. The molecule has 0 atom stereocenters. The molecule has 78 valence electrons. The molecule has 0 saturated heterocycles. The smallest absolute Gasteiger partial charge is 0.149 e. The number of nitrogens with zero attached hydrogens (tertiary/aromatic N) is 2. The van der Waals surface area contributed by atoms with E-state index >= 15 is 0 Å². The fraction of sp³-hybridized carbons (Fsp3) is 0.429. The van der Waals surface area contributed by atoms with E-state index in [2.05, 4.69) is 15.3 Å². The third-order valence-corrected chi connectivity index (χ3v) is 2.40. The van der Waals surface area contributed by atoms with Crippen LogP contribution in [0.2, 0.25) is 0 Å². The van der Waals surface area contributed by atoms with Crippen LogP contribution >= 0.6 is 0 Å². The molecule has 14 heavy (non-hydrogen) atoms. The Morgan fingerprint density at radius 3 is 2.64 bits per heavy atom. The molecule has 7 heteroatoms. The normalized spacial score (nSPS) is 11.2. The van der Waals surface area contributed by atoms with Gasteiger partial charge in [0.2, 0.25) is 0 Å². The number of sulfone groups is 1. The molecule has 1 aromatic heterocycles. The predicted molar refractivity (Wildman–Crippen MR) is 54.6 cm³/mol. The summed E-state index contributed by atoms with van der Waals surface area (Å²) in [5, 5.41) is 2.82. The lowest BCUT2D eigenvalue weighted by molar-refractivity contribution is 0.602. The number of nitrogen functional groups attached to an aromatic ring is 1. The Morgan fingerprint density at radius 2 is 2.14 bits per heavy atom. The average molecular weight is 216 g/mol. The minimum absolute atomic E-state index is 0.0685. The van der Waals surface area contributed by atoms with Gasteiger partial charge in [0.05, 0.1) is 18.1 Å². The molecule has 0 aromatic carbocycles. The Hall–Kier alpha value is -1.37. The summed E-state index contributed by atoms with van der Waals surface area (Å²) in [4.78, 5) is 7.70. The zero-order chi connectivity index (χ0) is 10.6. The predicted octanol–water partition coefficient (Wildman–Crippen LogP) is -0.485. The van der Waals surface area contributed by atoms with E-state index in [-0.39, 0.29) is 5.75 Å². The van der Waals surface area contributed by atoms with Crippen molar-refractivity contribution >= 4 is 21.5 Å². The Morgan fingerprint density at radius 1 is 1.43 bits per heavy atom. The van der Waals surface area contributed by atoms with Crippen molar-refractivity contribution < 1.29 is 8.42 Å². The highest BCUT2D eigenvalue weighted by Crippen LogP contribution is 2.00. The number of anilines is 2. The van der Waals surface area contributed by atoms with Crippen molar-refractivity contribution in [2.24, 2.45) is 0 Å². The van der Waals surface area contributed by atoms with Gasteiger partial charge in [-0.2, -0.15) is 0 Å². The molecule has 1 rings (SSSR count). The summed E-state index contributed by atoms with van der Waals surface area (Å²) >= 11 is 0. The largest absolute Gasteiger partial charge is 0.382 e. The Bertz CT molecular complexity index is 387. The molecule has 0 fully saturated rings. The van der Waals surface area contributed by atoms with Crippen LogP contribution in [-0.2, 0) is 9.84 Å². The third-order valence-electron chi connectivity index (χ3n) is 1.45. The molecule has 6 nitrogen and oxygen atoms in total. The molecule has 0 saturated carbocycles. The zero-order valence-electron chi connectivity index (χ0n) is 7.77. The van der Waals surface area contributed by atoms with Gasteiger partial charge in [0, 0.05) is 12.8 Å². The Labute approximate surface area is 82.5 Å². The second-order valence-corrected chi connectivity index (χ2v) is 5.14. The molecule has 0 aliphatic carbocycles. The topological polar surface area (TPSA) is 98.0 Å². The summed E-state index contributed by atoms with van der Waals surface area (Å²) in [6, 6.07) is 0. The van der Waals surface area contributed by atoms with E-state index in [1.165, 1.54) is 18.6 Å². The van der Waals surface area contributed by atoms with Gasteiger partial charge in [0.15, 0.2) is 0 Å². The summed E-state index contributed by atoms with van der Waals surface area (Å²) < 4.78 is 21.6. The second kappa shape index (κ2) is 4.23. The lowest BCUT2D eigenvalue weighted by atomic mass is 10.6. The fourth-order valence-electron chi connectivity index (χ4n) is 0.794. The first-order valence-corrected chi connectivity index (χ1v) is 6.02. The summed E-state index contributed by atoms with van der Waals surface area (Å²) in [7, 11) is -2.94. The minimum Gasteiger partial charge on any atom is -0.382 e. The molecule has 0 amide bonds. The number of nitrogens with two attached hydrogens (primary N) is 1. The van der Waals surface area contributed by atoms with E-state index in [0.717, 1.165) is 0 Å². The van der Waals surface area contributed by atoms with Gasteiger partial charge in [0.25, 0.3) is 0 Å². The van der Waals surface area contributed by atoms with Gasteiger partial charge in [-0.25, -0.2) is 18.4 Å². The van der Waals surface area contributed by atoms with Crippen molar-refractivity contribution in [1.29, 1.82) is 0 Å². The lowest BCUT2D eigenvalue weighted by Gasteiger charge is -2.03. The summed E-state index contributed by atoms with van der Waals surface area (Å²) in [5.74, 6) is 0.917. The molecule has 0 bridgehead atoms. The monoisotopic (exact) mass is 216 g/mol. The number of hydrogen-bond donors (Lipinski definition) is 2. The van der Waals surface area contributed by atoms with Crippen LogP contribution in [0.1, 0.15) is 0 Å². The number of aromatic nitrogens is 2. The van der Waals surface area contributed by atoms with Crippen LogP contribution in [0.4, 0.5) is 11.6 Å². The highest BCUT2D eigenvalue weighted by molar-refractivity contribution is 7.90. The van der Waals surface area contributed by atoms with Crippen LogP contribution in [-0.4, -0.2) is 36.9 Å².